The van der Waals surface area contributed by atoms with Crippen molar-refractivity contribution in [1.29, 1.82) is 0 Å². The second-order valence-corrected chi connectivity index (χ2v) is 8.53. The molecule has 0 saturated carbocycles. The first-order chi connectivity index (χ1) is 14.4. The Balaban J connectivity index is 1.80. The Hall–Kier alpha value is -2.82. The Kier molecular flexibility index (Phi) is 4.57. The second kappa shape index (κ2) is 7.15. The molecule has 0 unspecified atom stereocenters. The van der Waals surface area contributed by atoms with Crippen molar-refractivity contribution in [3.8, 4) is 5.69 Å². The maximum absolute atomic E-state index is 6.60. The fourth-order valence-electron chi connectivity index (χ4n) is 4.09. The number of allylic oxidation sites excluding steroid dienone is 2. The number of fused-ring (bicyclic) bond motifs is 2. The minimum atomic E-state index is -0.123. The van der Waals surface area contributed by atoms with Gasteiger partial charge in [0.2, 0.25) is 0 Å². The number of aromatic nitrogens is 2. The quantitative estimate of drug-likeness (QED) is 0.464. The van der Waals surface area contributed by atoms with Crippen molar-refractivity contribution in [3.63, 3.8) is 0 Å². The van der Waals surface area contributed by atoms with Gasteiger partial charge in [-0.2, -0.15) is 5.10 Å². The van der Waals surface area contributed by atoms with E-state index in [2.05, 4.69) is 55.1 Å². The van der Waals surface area contributed by atoms with Gasteiger partial charge in [-0.15, -0.1) is 0 Å². The van der Waals surface area contributed by atoms with Crippen LogP contribution in [0.5, 0.6) is 0 Å². The summed E-state index contributed by atoms with van der Waals surface area (Å²) in [6.45, 7) is 6.19. The molecule has 1 aromatic heterocycles. The molecule has 2 aromatic carbocycles. The summed E-state index contributed by atoms with van der Waals surface area (Å²) < 4.78 is 1.93. The predicted molar refractivity (Wildman–Crippen MR) is 123 cm³/mol. The molecule has 30 heavy (non-hydrogen) atoms. The minimum absolute atomic E-state index is 0.123. The summed E-state index contributed by atoms with van der Waals surface area (Å²) in [5.74, 6) is 1.48. The SMILES string of the molecule is Cc1ccc([C@@H]2c3c(C)nn(-c4ccccc4C)c3N=C3C(Cl)=CC(Cl)=CN32)cc1. The van der Waals surface area contributed by atoms with Gasteiger partial charge in [-0.05, 0) is 44.0 Å². The number of halogens is 2. The summed E-state index contributed by atoms with van der Waals surface area (Å²) >= 11 is 13.0. The largest absolute Gasteiger partial charge is 0.318 e. The molecule has 0 fully saturated rings. The number of para-hydroxylation sites is 1. The van der Waals surface area contributed by atoms with Crippen LogP contribution in [0.25, 0.3) is 5.69 Å². The van der Waals surface area contributed by atoms with Crippen LogP contribution in [-0.2, 0) is 0 Å². The molecule has 150 valence electrons. The van der Waals surface area contributed by atoms with Crippen molar-refractivity contribution >= 4 is 34.9 Å². The molecule has 1 atom stereocenters. The molecule has 0 saturated heterocycles. The van der Waals surface area contributed by atoms with Gasteiger partial charge in [0.05, 0.1) is 27.5 Å². The number of amidine groups is 1. The summed E-state index contributed by atoms with van der Waals surface area (Å²) in [5, 5.41) is 5.97. The second-order valence-electron chi connectivity index (χ2n) is 7.68. The van der Waals surface area contributed by atoms with E-state index in [1.54, 1.807) is 6.08 Å². The van der Waals surface area contributed by atoms with Crippen LogP contribution in [0.15, 0.2) is 75.9 Å². The molecular weight excluding hydrogens is 415 g/mol. The van der Waals surface area contributed by atoms with Gasteiger partial charge in [0.25, 0.3) is 0 Å². The zero-order chi connectivity index (χ0) is 21.0. The van der Waals surface area contributed by atoms with Crippen molar-refractivity contribution < 1.29 is 0 Å². The summed E-state index contributed by atoms with van der Waals surface area (Å²) in [6, 6.07) is 16.6. The van der Waals surface area contributed by atoms with Gasteiger partial charge in [-0.1, -0.05) is 71.2 Å². The van der Waals surface area contributed by atoms with Crippen LogP contribution in [-0.4, -0.2) is 20.5 Å². The van der Waals surface area contributed by atoms with Gasteiger partial charge < -0.3 is 4.90 Å². The number of aliphatic imine (C=N–C) groups is 1. The van der Waals surface area contributed by atoms with Gasteiger partial charge in [-0.3, -0.25) is 0 Å². The van der Waals surface area contributed by atoms with Crippen LogP contribution >= 0.6 is 23.2 Å². The highest BCUT2D eigenvalue weighted by molar-refractivity contribution is 6.45. The lowest BCUT2D eigenvalue weighted by atomic mass is 9.94. The summed E-state index contributed by atoms with van der Waals surface area (Å²) in [6.07, 6.45) is 3.63. The molecule has 5 rings (SSSR count). The standard InChI is InChI=1S/C24H20Cl2N4/c1-14-8-10-17(11-9-14)22-21-16(3)28-30(20-7-5-4-6-15(20)2)24(21)27-23-19(26)12-18(25)13-29(22)23/h4-13,22H,1-3H3/t22-/m1/s1. The molecule has 0 spiro atoms. The first-order valence-corrected chi connectivity index (χ1v) is 10.5. The van der Waals surface area contributed by atoms with Gasteiger partial charge in [0.1, 0.15) is 0 Å². The van der Waals surface area contributed by atoms with Crippen LogP contribution in [0.2, 0.25) is 0 Å². The molecule has 2 aliphatic rings. The third kappa shape index (κ3) is 2.99. The fourth-order valence-corrected chi connectivity index (χ4v) is 4.61. The van der Waals surface area contributed by atoms with Crippen molar-refractivity contribution in [3.05, 3.63) is 98.8 Å². The molecule has 0 amide bonds. The van der Waals surface area contributed by atoms with E-state index in [1.807, 2.05) is 29.9 Å². The highest BCUT2D eigenvalue weighted by Crippen LogP contribution is 2.45. The third-order valence-corrected chi connectivity index (χ3v) is 6.05. The van der Waals surface area contributed by atoms with Gasteiger partial charge in [0, 0.05) is 11.8 Å². The van der Waals surface area contributed by atoms with E-state index in [9.17, 15) is 0 Å². The molecule has 0 aliphatic carbocycles. The maximum Gasteiger partial charge on any atom is 0.164 e. The average molecular weight is 435 g/mol. The Morgan fingerprint density at radius 3 is 2.40 bits per heavy atom. The zero-order valence-corrected chi connectivity index (χ0v) is 18.4. The molecule has 2 aliphatic heterocycles. The van der Waals surface area contributed by atoms with Crippen LogP contribution < -0.4 is 0 Å². The van der Waals surface area contributed by atoms with E-state index in [0.717, 1.165) is 33.9 Å². The molecular formula is C24H20Cl2N4. The van der Waals surface area contributed by atoms with E-state index in [-0.39, 0.29) is 6.04 Å². The Morgan fingerprint density at radius 1 is 0.933 bits per heavy atom. The Morgan fingerprint density at radius 2 is 1.67 bits per heavy atom. The van der Waals surface area contributed by atoms with E-state index in [0.29, 0.717) is 15.9 Å². The van der Waals surface area contributed by atoms with Gasteiger partial charge in [-0.25, -0.2) is 9.67 Å². The Bertz CT molecular complexity index is 1250. The van der Waals surface area contributed by atoms with E-state index in [1.165, 1.54) is 5.56 Å². The number of rotatable bonds is 2. The van der Waals surface area contributed by atoms with Crippen molar-refractivity contribution in [1.82, 2.24) is 14.7 Å². The van der Waals surface area contributed by atoms with Crippen LogP contribution in [0.4, 0.5) is 5.82 Å². The Labute approximate surface area is 185 Å². The lowest BCUT2D eigenvalue weighted by Gasteiger charge is -2.37. The van der Waals surface area contributed by atoms with Crippen LogP contribution in [0, 0.1) is 20.8 Å². The first kappa shape index (κ1) is 19.2. The predicted octanol–water partition coefficient (Wildman–Crippen LogP) is 6.45. The topological polar surface area (TPSA) is 33.4 Å². The number of hydrogen-bond donors (Lipinski definition) is 0. The van der Waals surface area contributed by atoms with Gasteiger partial charge >= 0.3 is 0 Å². The molecule has 3 heterocycles. The minimum Gasteiger partial charge on any atom is -0.318 e. The van der Waals surface area contributed by atoms with Gasteiger partial charge in [0.15, 0.2) is 11.7 Å². The van der Waals surface area contributed by atoms with Crippen LogP contribution in [0.1, 0.15) is 34.0 Å². The zero-order valence-electron chi connectivity index (χ0n) is 16.9. The number of benzene rings is 2. The lowest BCUT2D eigenvalue weighted by molar-refractivity contribution is 0.460. The van der Waals surface area contributed by atoms with E-state index >= 15 is 0 Å². The lowest BCUT2D eigenvalue weighted by Crippen LogP contribution is -2.35. The third-order valence-electron chi connectivity index (χ3n) is 5.57. The molecule has 6 heteroatoms. The smallest absolute Gasteiger partial charge is 0.164 e. The molecule has 0 bridgehead atoms. The maximum atomic E-state index is 6.60. The summed E-state index contributed by atoms with van der Waals surface area (Å²) in [5.41, 5.74) is 6.46. The van der Waals surface area contributed by atoms with Crippen LogP contribution in [0.3, 0.4) is 0 Å². The number of hydrogen-bond acceptors (Lipinski definition) is 3. The number of aryl methyl sites for hydroxylation is 3. The van der Waals surface area contributed by atoms with Crippen molar-refractivity contribution in [2.45, 2.75) is 26.8 Å². The average Bonchev–Trinajstić information content (AvgIpc) is 3.04. The molecule has 3 aromatic rings. The molecule has 4 nitrogen and oxygen atoms in total. The van der Waals surface area contributed by atoms with E-state index in [4.69, 9.17) is 33.3 Å². The normalized spacial score (nSPS) is 17.7. The summed E-state index contributed by atoms with van der Waals surface area (Å²) in [7, 11) is 0. The van der Waals surface area contributed by atoms with Crippen molar-refractivity contribution in [2.24, 2.45) is 4.99 Å². The first-order valence-electron chi connectivity index (χ1n) is 9.78. The van der Waals surface area contributed by atoms with E-state index < -0.39 is 0 Å². The van der Waals surface area contributed by atoms with Crippen molar-refractivity contribution in [2.75, 3.05) is 0 Å². The molecule has 0 N–H and O–H groups in total. The summed E-state index contributed by atoms with van der Waals surface area (Å²) in [4.78, 5) is 7.00. The fraction of sp³-hybridized carbons (Fsp3) is 0.167. The number of nitrogens with zero attached hydrogens (tertiary/aromatic N) is 4. The molecule has 0 radical (unpaired) electrons. The monoisotopic (exact) mass is 434 g/mol. The highest BCUT2D eigenvalue weighted by atomic mass is 35.5. The highest BCUT2D eigenvalue weighted by Gasteiger charge is 2.37.